The molecule has 0 saturated heterocycles. The topological polar surface area (TPSA) is 44.1 Å². The number of aromatic nitrogens is 2. The van der Waals surface area contributed by atoms with E-state index in [2.05, 4.69) is 5.10 Å². The minimum Gasteiger partial charge on any atom is -0.461 e. The maximum absolute atomic E-state index is 11.6. The van der Waals surface area contributed by atoms with Gasteiger partial charge in [-0.3, -0.25) is 4.68 Å². The third kappa shape index (κ3) is 3.31. The first-order valence-electron chi connectivity index (χ1n) is 6.15. The summed E-state index contributed by atoms with van der Waals surface area (Å²) in [7, 11) is 1.73. The van der Waals surface area contributed by atoms with Gasteiger partial charge in [0.15, 0.2) is 0 Å². The van der Waals surface area contributed by atoms with E-state index in [-0.39, 0.29) is 5.97 Å². The molecule has 0 N–H and O–H groups in total. The summed E-state index contributed by atoms with van der Waals surface area (Å²) in [6, 6.07) is 11.6. The average molecular weight is 256 g/mol. The molecule has 0 fully saturated rings. The predicted octanol–water partition coefficient (Wildman–Crippen LogP) is 2.77. The summed E-state index contributed by atoms with van der Waals surface area (Å²) in [4.78, 5) is 11.6. The Kier molecular flexibility index (Phi) is 4.13. The number of esters is 1. The van der Waals surface area contributed by atoms with Gasteiger partial charge in [-0.1, -0.05) is 36.4 Å². The van der Waals surface area contributed by atoms with Crippen LogP contribution in [0.1, 0.15) is 28.7 Å². The fraction of sp³-hybridized carbons (Fsp3) is 0.200. The van der Waals surface area contributed by atoms with Gasteiger partial charge in [-0.15, -0.1) is 0 Å². The van der Waals surface area contributed by atoms with Gasteiger partial charge in [0.2, 0.25) is 0 Å². The van der Waals surface area contributed by atoms with Gasteiger partial charge >= 0.3 is 5.97 Å². The Morgan fingerprint density at radius 2 is 2.05 bits per heavy atom. The molecule has 0 amide bonds. The molecule has 2 rings (SSSR count). The molecule has 0 bridgehead atoms. The van der Waals surface area contributed by atoms with E-state index in [9.17, 15) is 4.79 Å². The van der Waals surface area contributed by atoms with Crippen LogP contribution in [0.25, 0.3) is 12.2 Å². The van der Waals surface area contributed by atoms with Crippen LogP contribution >= 0.6 is 0 Å². The summed E-state index contributed by atoms with van der Waals surface area (Å²) in [5.41, 5.74) is 2.27. The Morgan fingerprint density at radius 3 is 2.74 bits per heavy atom. The quantitative estimate of drug-likeness (QED) is 0.790. The standard InChI is InChI=1S/C15H16N2O2/c1-3-19-15(18)14-11-13(16-17(14)2)10-9-12-7-5-4-6-8-12/h4-11H,3H2,1-2H3. The van der Waals surface area contributed by atoms with Crippen LogP contribution in [0.2, 0.25) is 0 Å². The van der Waals surface area contributed by atoms with E-state index in [1.54, 1.807) is 20.0 Å². The van der Waals surface area contributed by atoms with Crippen molar-refractivity contribution in [2.24, 2.45) is 7.05 Å². The van der Waals surface area contributed by atoms with Crippen molar-refractivity contribution in [2.45, 2.75) is 6.92 Å². The van der Waals surface area contributed by atoms with Crippen molar-refractivity contribution in [2.75, 3.05) is 6.61 Å². The molecular weight excluding hydrogens is 240 g/mol. The molecule has 0 saturated carbocycles. The van der Waals surface area contributed by atoms with Crippen LogP contribution in [0.15, 0.2) is 36.4 Å². The second-order valence-electron chi connectivity index (χ2n) is 4.04. The summed E-state index contributed by atoms with van der Waals surface area (Å²) >= 11 is 0. The van der Waals surface area contributed by atoms with E-state index in [0.29, 0.717) is 12.3 Å². The first kappa shape index (κ1) is 13.1. The highest BCUT2D eigenvalue weighted by Crippen LogP contribution is 2.09. The normalized spacial score (nSPS) is 10.8. The van der Waals surface area contributed by atoms with Gasteiger partial charge < -0.3 is 4.74 Å². The lowest BCUT2D eigenvalue weighted by Crippen LogP contribution is -2.10. The van der Waals surface area contributed by atoms with Gasteiger partial charge in [-0.05, 0) is 24.6 Å². The molecular formula is C15H16N2O2. The molecule has 0 aliphatic carbocycles. The minimum absolute atomic E-state index is 0.350. The largest absolute Gasteiger partial charge is 0.461 e. The zero-order valence-electron chi connectivity index (χ0n) is 11.0. The maximum Gasteiger partial charge on any atom is 0.356 e. The van der Waals surface area contributed by atoms with Crippen LogP contribution in [0.5, 0.6) is 0 Å². The number of rotatable bonds is 4. The molecule has 0 aliphatic heterocycles. The summed E-state index contributed by atoms with van der Waals surface area (Å²) in [5.74, 6) is -0.350. The van der Waals surface area contributed by atoms with Crippen molar-refractivity contribution in [1.29, 1.82) is 0 Å². The van der Waals surface area contributed by atoms with Crippen molar-refractivity contribution >= 4 is 18.1 Å². The fourth-order valence-corrected chi connectivity index (χ4v) is 1.71. The van der Waals surface area contributed by atoms with E-state index in [4.69, 9.17) is 4.74 Å². The molecule has 2 aromatic rings. The number of hydrogen-bond donors (Lipinski definition) is 0. The Balaban J connectivity index is 2.16. The highest BCUT2D eigenvalue weighted by Gasteiger charge is 2.12. The molecule has 0 spiro atoms. The lowest BCUT2D eigenvalue weighted by Gasteiger charge is -1.99. The zero-order chi connectivity index (χ0) is 13.7. The molecule has 1 heterocycles. The number of hydrogen-bond acceptors (Lipinski definition) is 3. The third-order valence-electron chi connectivity index (χ3n) is 2.63. The van der Waals surface area contributed by atoms with E-state index < -0.39 is 0 Å². The van der Waals surface area contributed by atoms with E-state index in [1.165, 1.54) is 4.68 Å². The first-order valence-corrected chi connectivity index (χ1v) is 6.15. The lowest BCUT2D eigenvalue weighted by molar-refractivity contribution is 0.0513. The third-order valence-corrected chi connectivity index (χ3v) is 2.63. The van der Waals surface area contributed by atoms with Gasteiger partial charge in [0, 0.05) is 7.05 Å². The number of carbonyl (C=O) groups excluding carboxylic acids is 1. The second kappa shape index (κ2) is 6.00. The minimum atomic E-state index is -0.350. The molecule has 0 unspecified atom stereocenters. The Bertz CT molecular complexity index is 585. The fourth-order valence-electron chi connectivity index (χ4n) is 1.71. The maximum atomic E-state index is 11.6. The molecule has 4 heteroatoms. The number of nitrogens with zero attached hydrogens (tertiary/aromatic N) is 2. The van der Waals surface area contributed by atoms with Crippen molar-refractivity contribution in [3.63, 3.8) is 0 Å². The van der Waals surface area contributed by atoms with Crippen LogP contribution in [0, 0.1) is 0 Å². The number of ether oxygens (including phenoxy) is 1. The van der Waals surface area contributed by atoms with Crippen LogP contribution in [-0.2, 0) is 11.8 Å². The predicted molar refractivity (Wildman–Crippen MR) is 74.5 cm³/mol. The SMILES string of the molecule is CCOC(=O)c1cc(C=Cc2ccccc2)nn1C. The Labute approximate surface area is 112 Å². The zero-order valence-corrected chi connectivity index (χ0v) is 11.0. The number of aryl methyl sites for hydroxylation is 1. The molecule has 4 nitrogen and oxygen atoms in total. The van der Waals surface area contributed by atoms with Crippen molar-refractivity contribution in [3.05, 3.63) is 53.3 Å². The van der Waals surface area contributed by atoms with Crippen molar-refractivity contribution in [3.8, 4) is 0 Å². The molecule has 98 valence electrons. The number of carbonyl (C=O) groups is 1. The molecule has 0 atom stereocenters. The van der Waals surface area contributed by atoms with Gasteiger partial charge in [0.25, 0.3) is 0 Å². The summed E-state index contributed by atoms with van der Waals surface area (Å²) in [5, 5.41) is 4.26. The highest BCUT2D eigenvalue weighted by atomic mass is 16.5. The van der Waals surface area contributed by atoms with Crippen molar-refractivity contribution in [1.82, 2.24) is 9.78 Å². The molecule has 0 aliphatic rings. The first-order chi connectivity index (χ1) is 9.20. The van der Waals surface area contributed by atoms with E-state index in [1.807, 2.05) is 42.5 Å². The monoisotopic (exact) mass is 256 g/mol. The average Bonchev–Trinajstić information content (AvgIpc) is 2.79. The molecule has 19 heavy (non-hydrogen) atoms. The molecule has 1 aromatic carbocycles. The van der Waals surface area contributed by atoms with Gasteiger partial charge in [0.1, 0.15) is 5.69 Å². The molecule has 0 radical (unpaired) electrons. The van der Waals surface area contributed by atoms with E-state index in [0.717, 1.165) is 11.3 Å². The van der Waals surface area contributed by atoms with Gasteiger partial charge in [-0.25, -0.2) is 4.79 Å². The Hall–Kier alpha value is -2.36. The summed E-state index contributed by atoms with van der Waals surface area (Å²) < 4.78 is 6.49. The number of benzene rings is 1. The van der Waals surface area contributed by atoms with Crippen LogP contribution in [-0.4, -0.2) is 22.4 Å². The van der Waals surface area contributed by atoms with Gasteiger partial charge in [0.05, 0.1) is 12.3 Å². The van der Waals surface area contributed by atoms with Crippen LogP contribution in [0.3, 0.4) is 0 Å². The van der Waals surface area contributed by atoms with Gasteiger partial charge in [-0.2, -0.15) is 5.10 Å². The smallest absolute Gasteiger partial charge is 0.356 e. The summed E-state index contributed by atoms with van der Waals surface area (Å²) in [6.07, 6.45) is 3.83. The Morgan fingerprint density at radius 1 is 1.32 bits per heavy atom. The summed E-state index contributed by atoms with van der Waals surface area (Å²) in [6.45, 7) is 2.14. The van der Waals surface area contributed by atoms with E-state index >= 15 is 0 Å². The second-order valence-corrected chi connectivity index (χ2v) is 4.04. The highest BCUT2D eigenvalue weighted by molar-refractivity contribution is 5.88. The lowest BCUT2D eigenvalue weighted by atomic mass is 10.2. The van der Waals surface area contributed by atoms with Crippen molar-refractivity contribution < 1.29 is 9.53 Å². The van der Waals surface area contributed by atoms with Crippen LogP contribution < -0.4 is 0 Å². The molecule has 1 aromatic heterocycles. The van der Waals surface area contributed by atoms with Crippen LogP contribution in [0.4, 0.5) is 0 Å².